The first-order valence-corrected chi connectivity index (χ1v) is 9.00. The summed E-state index contributed by atoms with van der Waals surface area (Å²) in [5, 5.41) is 2.13. The first-order valence-electron chi connectivity index (χ1n) is 8.12. The van der Waals surface area contributed by atoms with Gasteiger partial charge in [-0.3, -0.25) is 9.78 Å². The van der Waals surface area contributed by atoms with Gasteiger partial charge in [-0.05, 0) is 47.7 Å². The van der Waals surface area contributed by atoms with E-state index in [-0.39, 0.29) is 5.91 Å². The van der Waals surface area contributed by atoms with E-state index in [4.69, 9.17) is 4.74 Å². The number of benzene rings is 1. The number of hydrogen-bond acceptors (Lipinski definition) is 4. The van der Waals surface area contributed by atoms with E-state index < -0.39 is 0 Å². The van der Waals surface area contributed by atoms with Gasteiger partial charge >= 0.3 is 0 Å². The van der Waals surface area contributed by atoms with Crippen molar-refractivity contribution < 1.29 is 9.53 Å². The van der Waals surface area contributed by atoms with Crippen LogP contribution >= 0.6 is 11.3 Å². The number of carbonyl (C=O) groups is 1. The number of ether oxygens (including phenoxy) is 1. The van der Waals surface area contributed by atoms with Gasteiger partial charge < -0.3 is 9.64 Å². The molecule has 2 aromatic heterocycles. The Morgan fingerprint density at radius 3 is 2.92 bits per heavy atom. The van der Waals surface area contributed by atoms with E-state index in [1.807, 2.05) is 35.4 Å². The summed E-state index contributed by atoms with van der Waals surface area (Å²) in [7, 11) is 1.65. The highest BCUT2D eigenvalue weighted by Gasteiger charge is 2.29. The predicted molar refractivity (Wildman–Crippen MR) is 100 cm³/mol. The van der Waals surface area contributed by atoms with Gasteiger partial charge in [-0.2, -0.15) is 0 Å². The molecule has 0 aliphatic carbocycles. The maximum absolute atomic E-state index is 12.5. The number of aromatic nitrogens is 1. The summed E-state index contributed by atoms with van der Waals surface area (Å²) in [6, 6.07) is 12.1. The van der Waals surface area contributed by atoms with Crippen molar-refractivity contribution in [3.8, 4) is 16.2 Å². The number of thiophene rings is 1. The molecule has 3 heterocycles. The average Bonchev–Trinajstić information content (AvgIpc) is 3.18. The van der Waals surface area contributed by atoms with Gasteiger partial charge in [0.2, 0.25) is 5.91 Å². The lowest BCUT2D eigenvalue weighted by molar-refractivity contribution is -0.117. The van der Waals surface area contributed by atoms with E-state index in [9.17, 15) is 4.79 Å². The number of nitrogens with zero attached hydrogens (tertiary/aromatic N) is 2. The molecule has 4 nitrogen and oxygen atoms in total. The van der Waals surface area contributed by atoms with Crippen LogP contribution in [0.1, 0.15) is 16.8 Å². The molecule has 0 radical (unpaired) electrons. The SMILES string of the molecule is COc1cccc(CN2C(=O)Cc3ncc(-c4cc(C)cs4)cc32)c1. The Kier molecular flexibility index (Phi) is 4.01. The topological polar surface area (TPSA) is 42.4 Å². The minimum atomic E-state index is 0.0878. The minimum absolute atomic E-state index is 0.0878. The fourth-order valence-electron chi connectivity index (χ4n) is 3.07. The molecule has 25 heavy (non-hydrogen) atoms. The molecule has 126 valence electrons. The largest absolute Gasteiger partial charge is 0.497 e. The van der Waals surface area contributed by atoms with Crippen LogP contribution in [-0.2, 0) is 17.8 Å². The minimum Gasteiger partial charge on any atom is -0.497 e. The molecule has 0 spiro atoms. The van der Waals surface area contributed by atoms with Crippen molar-refractivity contribution in [2.75, 3.05) is 12.0 Å². The van der Waals surface area contributed by atoms with Gasteiger partial charge in [0.05, 0.1) is 31.5 Å². The van der Waals surface area contributed by atoms with Crippen LogP contribution in [0.4, 0.5) is 5.69 Å². The second-order valence-electron chi connectivity index (χ2n) is 6.19. The van der Waals surface area contributed by atoms with Gasteiger partial charge in [-0.15, -0.1) is 11.3 Å². The predicted octanol–water partition coefficient (Wildman–Crippen LogP) is 4.22. The molecule has 0 bridgehead atoms. The molecular formula is C20H18N2O2S. The highest BCUT2D eigenvalue weighted by molar-refractivity contribution is 7.13. The van der Waals surface area contributed by atoms with E-state index >= 15 is 0 Å². The van der Waals surface area contributed by atoms with Crippen LogP contribution in [0.5, 0.6) is 5.75 Å². The third-order valence-electron chi connectivity index (χ3n) is 4.35. The van der Waals surface area contributed by atoms with Crippen LogP contribution in [0.15, 0.2) is 48.0 Å². The van der Waals surface area contributed by atoms with Gasteiger partial charge in [0.15, 0.2) is 0 Å². The van der Waals surface area contributed by atoms with Crippen molar-refractivity contribution >= 4 is 22.9 Å². The van der Waals surface area contributed by atoms with Crippen LogP contribution < -0.4 is 9.64 Å². The lowest BCUT2D eigenvalue weighted by Gasteiger charge is -2.18. The molecule has 1 aliphatic heterocycles. The van der Waals surface area contributed by atoms with Crippen molar-refractivity contribution in [3.63, 3.8) is 0 Å². The summed E-state index contributed by atoms with van der Waals surface area (Å²) in [4.78, 5) is 20.0. The number of pyridine rings is 1. The maximum Gasteiger partial charge on any atom is 0.233 e. The summed E-state index contributed by atoms with van der Waals surface area (Å²) < 4.78 is 5.28. The number of fused-ring (bicyclic) bond motifs is 1. The normalized spacial score (nSPS) is 13.2. The second-order valence-corrected chi connectivity index (χ2v) is 7.10. The summed E-state index contributed by atoms with van der Waals surface area (Å²) >= 11 is 1.70. The Morgan fingerprint density at radius 1 is 1.28 bits per heavy atom. The molecule has 0 saturated heterocycles. The second kappa shape index (κ2) is 6.33. The molecule has 4 rings (SSSR count). The number of carbonyl (C=O) groups excluding carboxylic acids is 1. The molecule has 0 atom stereocenters. The van der Waals surface area contributed by atoms with Crippen molar-refractivity contribution in [1.29, 1.82) is 0 Å². The molecule has 5 heteroatoms. The number of anilines is 1. The Balaban J connectivity index is 1.68. The van der Waals surface area contributed by atoms with Gasteiger partial charge in [0.25, 0.3) is 0 Å². The summed E-state index contributed by atoms with van der Waals surface area (Å²) in [6.45, 7) is 2.61. The van der Waals surface area contributed by atoms with Crippen LogP contribution in [0, 0.1) is 6.92 Å². The Morgan fingerprint density at radius 2 is 2.16 bits per heavy atom. The van der Waals surface area contributed by atoms with E-state index in [1.54, 1.807) is 18.4 Å². The molecule has 1 amide bonds. The van der Waals surface area contributed by atoms with Gasteiger partial charge in [0.1, 0.15) is 5.75 Å². The van der Waals surface area contributed by atoms with E-state index in [1.165, 1.54) is 10.4 Å². The van der Waals surface area contributed by atoms with Crippen molar-refractivity contribution in [2.24, 2.45) is 0 Å². The lowest BCUT2D eigenvalue weighted by Crippen LogP contribution is -2.26. The zero-order valence-corrected chi connectivity index (χ0v) is 15.0. The van der Waals surface area contributed by atoms with Crippen molar-refractivity contribution in [1.82, 2.24) is 4.98 Å². The Hall–Kier alpha value is -2.66. The Labute approximate surface area is 150 Å². The fourth-order valence-corrected chi connectivity index (χ4v) is 3.95. The third-order valence-corrected chi connectivity index (χ3v) is 5.44. The summed E-state index contributed by atoms with van der Waals surface area (Å²) in [6.07, 6.45) is 2.23. The molecule has 0 saturated carbocycles. The van der Waals surface area contributed by atoms with Crippen LogP contribution in [0.2, 0.25) is 0 Å². The monoisotopic (exact) mass is 350 g/mol. The van der Waals surface area contributed by atoms with Gasteiger partial charge in [0, 0.05) is 16.6 Å². The number of amides is 1. The van der Waals surface area contributed by atoms with E-state index in [0.29, 0.717) is 13.0 Å². The first-order chi connectivity index (χ1) is 12.1. The zero-order valence-electron chi connectivity index (χ0n) is 14.2. The smallest absolute Gasteiger partial charge is 0.233 e. The zero-order chi connectivity index (χ0) is 17.4. The van der Waals surface area contributed by atoms with Crippen LogP contribution in [-0.4, -0.2) is 18.0 Å². The van der Waals surface area contributed by atoms with Crippen molar-refractivity contribution in [3.05, 3.63) is 64.8 Å². The molecular weight excluding hydrogens is 332 g/mol. The first kappa shape index (κ1) is 15.8. The third kappa shape index (κ3) is 3.03. The molecule has 0 N–H and O–H groups in total. The molecule has 1 aliphatic rings. The van der Waals surface area contributed by atoms with E-state index in [2.05, 4.69) is 29.4 Å². The number of rotatable bonds is 4. The highest BCUT2D eigenvalue weighted by Crippen LogP contribution is 2.35. The molecule has 0 unspecified atom stereocenters. The number of methoxy groups -OCH3 is 1. The fraction of sp³-hybridized carbons (Fsp3) is 0.200. The standard InChI is InChI=1S/C20H18N2O2S/c1-13-6-19(25-12-13)15-8-18-17(21-10-15)9-20(23)22(18)11-14-4-3-5-16(7-14)24-2/h3-8,10,12H,9,11H2,1-2H3. The number of hydrogen-bond donors (Lipinski definition) is 0. The average molecular weight is 350 g/mol. The van der Waals surface area contributed by atoms with Crippen molar-refractivity contribution in [2.45, 2.75) is 19.9 Å². The Bertz CT molecular complexity index is 948. The lowest BCUT2D eigenvalue weighted by atomic mass is 10.1. The molecule has 1 aromatic carbocycles. The number of aryl methyl sites for hydroxylation is 1. The van der Waals surface area contributed by atoms with E-state index in [0.717, 1.165) is 28.3 Å². The van der Waals surface area contributed by atoms with Crippen LogP contribution in [0.3, 0.4) is 0 Å². The van der Waals surface area contributed by atoms with Gasteiger partial charge in [-0.1, -0.05) is 12.1 Å². The summed E-state index contributed by atoms with van der Waals surface area (Å²) in [5.41, 5.74) is 5.10. The quantitative estimate of drug-likeness (QED) is 0.708. The summed E-state index contributed by atoms with van der Waals surface area (Å²) in [5.74, 6) is 0.884. The maximum atomic E-state index is 12.5. The molecule has 0 fully saturated rings. The highest BCUT2D eigenvalue weighted by atomic mass is 32.1. The molecule has 3 aromatic rings. The van der Waals surface area contributed by atoms with Gasteiger partial charge in [-0.25, -0.2) is 0 Å². The van der Waals surface area contributed by atoms with Crippen LogP contribution in [0.25, 0.3) is 10.4 Å².